The number of ether oxygens (including phenoxy) is 3. The lowest BCUT2D eigenvalue weighted by atomic mass is 9.44. The Bertz CT molecular complexity index is 946. The molecule has 1 spiro atoms. The van der Waals surface area contributed by atoms with E-state index in [0.717, 1.165) is 63.3 Å². The first-order chi connectivity index (χ1) is 19.2. The number of hydrogen-bond acceptors (Lipinski definition) is 6. The second kappa shape index (κ2) is 10.7. The smallest absolute Gasteiger partial charge is 0.307 e. The van der Waals surface area contributed by atoms with Crippen LogP contribution in [0.4, 0.5) is 0 Å². The fourth-order valence-electron chi connectivity index (χ4n) is 11.7. The molecule has 12 atom stereocenters. The molecule has 3 saturated heterocycles. The lowest BCUT2D eigenvalue weighted by molar-refractivity contribution is -0.273. The minimum atomic E-state index is -0.307. The Kier molecular flexibility index (Phi) is 7.62. The van der Waals surface area contributed by atoms with Crippen molar-refractivity contribution in [3.05, 3.63) is 0 Å². The van der Waals surface area contributed by atoms with Crippen LogP contribution in [-0.4, -0.2) is 66.6 Å². The highest BCUT2D eigenvalue weighted by Gasteiger charge is 2.69. The Morgan fingerprint density at radius 1 is 0.950 bits per heavy atom. The van der Waals surface area contributed by atoms with Gasteiger partial charge in [0.1, 0.15) is 6.10 Å². The molecule has 7 aliphatic rings. The minimum Gasteiger partial charge on any atom is -0.462 e. The second-order valence-corrected chi connectivity index (χ2v) is 17.0. The molecule has 226 valence electrons. The average Bonchev–Trinajstić information content (AvgIpc) is 3.40. The predicted octanol–water partition coefficient (Wildman–Crippen LogP) is 6.78. The van der Waals surface area contributed by atoms with Crippen molar-refractivity contribution in [3.63, 3.8) is 0 Å². The van der Waals surface area contributed by atoms with Gasteiger partial charge in [0, 0.05) is 43.5 Å². The molecule has 0 amide bonds. The molecule has 3 aliphatic heterocycles. The van der Waals surface area contributed by atoms with E-state index in [0.29, 0.717) is 47.0 Å². The van der Waals surface area contributed by atoms with Crippen molar-refractivity contribution >= 4 is 17.7 Å². The molecular formula is C34H55NO4S. The standard InChI is InChI=1S/C34H55NO4S/c1-22-7-13-34(37-21-22)23(2)31-29(39-34)20-28-26-6-5-24-19-25(38-30(36)10-14-35-15-17-40-18-16-35)8-11-32(24,3)27(26)9-12-33(28,31)4/h22-29,31H,5-21H2,1-4H3. The Labute approximate surface area is 247 Å². The van der Waals surface area contributed by atoms with Crippen LogP contribution in [0.5, 0.6) is 0 Å². The van der Waals surface area contributed by atoms with Crippen LogP contribution < -0.4 is 0 Å². The molecule has 7 fully saturated rings. The van der Waals surface area contributed by atoms with Gasteiger partial charge in [-0.2, -0.15) is 11.8 Å². The molecule has 4 saturated carbocycles. The Morgan fingerprint density at radius 2 is 1.75 bits per heavy atom. The van der Waals surface area contributed by atoms with Crippen LogP contribution in [0, 0.1) is 52.3 Å². The average molecular weight is 574 g/mol. The van der Waals surface area contributed by atoms with Crippen LogP contribution in [0.3, 0.4) is 0 Å². The fourth-order valence-corrected chi connectivity index (χ4v) is 12.6. The van der Waals surface area contributed by atoms with Gasteiger partial charge in [0.05, 0.1) is 19.1 Å². The van der Waals surface area contributed by atoms with Gasteiger partial charge in [0.25, 0.3) is 0 Å². The number of hydrogen-bond donors (Lipinski definition) is 0. The van der Waals surface area contributed by atoms with E-state index in [9.17, 15) is 4.79 Å². The largest absolute Gasteiger partial charge is 0.462 e. The molecule has 0 aromatic heterocycles. The van der Waals surface area contributed by atoms with Crippen LogP contribution in [0.2, 0.25) is 0 Å². The molecule has 0 aromatic rings. The van der Waals surface area contributed by atoms with Crippen LogP contribution >= 0.6 is 11.8 Å². The SMILES string of the molecule is CC1CCC2(OC1)OC1CC3C4CCC5CC(OC(=O)CCN6CCSCC6)CCC5(C)C4CCC3(C)C1C2C. The summed E-state index contributed by atoms with van der Waals surface area (Å²) >= 11 is 2.02. The quantitative estimate of drug-likeness (QED) is 0.346. The number of thioether (sulfide) groups is 1. The number of carbonyl (C=O) groups is 1. The van der Waals surface area contributed by atoms with E-state index in [-0.39, 0.29) is 17.9 Å². The Balaban J connectivity index is 0.979. The van der Waals surface area contributed by atoms with E-state index in [4.69, 9.17) is 14.2 Å². The number of nitrogens with zero attached hydrogens (tertiary/aromatic N) is 1. The van der Waals surface area contributed by atoms with Crippen molar-refractivity contribution in [1.29, 1.82) is 0 Å². The molecule has 7 rings (SSSR count). The molecule has 4 aliphatic carbocycles. The highest BCUT2D eigenvalue weighted by molar-refractivity contribution is 7.99. The molecule has 0 N–H and O–H groups in total. The monoisotopic (exact) mass is 573 g/mol. The van der Waals surface area contributed by atoms with E-state index in [1.54, 1.807) is 0 Å². The number of rotatable bonds is 4. The first kappa shape index (κ1) is 28.5. The summed E-state index contributed by atoms with van der Waals surface area (Å²) in [5.74, 6) is 7.11. The highest BCUT2D eigenvalue weighted by Crippen LogP contribution is 2.71. The molecule has 0 bridgehead atoms. The third-order valence-electron chi connectivity index (χ3n) is 13.9. The third kappa shape index (κ3) is 4.63. The summed E-state index contributed by atoms with van der Waals surface area (Å²) in [6.45, 7) is 14.0. The van der Waals surface area contributed by atoms with Crippen molar-refractivity contribution in [2.45, 2.75) is 116 Å². The first-order valence-corrected chi connectivity index (χ1v) is 18.2. The van der Waals surface area contributed by atoms with Gasteiger partial charge in [-0.25, -0.2) is 0 Å². The first-order valence-electron chi connectivity index (χ1n) is 17.0. The van der Waals surface area contributed by atoms with E-state index in [2.05, 4.69) is 32.6 Å². The summed E-state index contributed by atoms with van der Waals surface area (Å²) in [4.78, 5) is 15.2. The second-order valence-electron chi connectivity index (χ2n) is 15.8. The predicted molar refractivity (Wildman–Crippen MR) is 160 cm³/mol. The Morgan fingerprint density at radius 3 is 2.52 bits per heavy atom. The van der Waals surface area contributed by atoms with Crippen LogP contribution in [0.1, 0.15) is 98.3 Å². The van der Waals surface area contributed by atoms with Crippen LogP contribution in [-0.2, 0) is 19.0 Å². The van der Waals surface area contributed by atoms with Gasteiger partial charge in [-0.15, -0.1) is 0 Å². The van der Waals surface area contributed by atoms with Crippen molar-refractivity contribution in [3.8, 4) is 0 Å². The molecule has 3 heterocycles. The van der Waals surface area contributed by atoms with Crippen LogP contribution in [0.25, 0.3) is 0 Å². The van der Waals surface area contributed by atoms with E-state index < -0.39 is 0 Å². The van der Waals surface area contributed by atoms with Gasteiger partial charge < -0.3 is 19.1 Å². The molecule has 0 radical (unpaired) electrons. The summed E-state index contributed by atoms with van der Waals surface area (Å²) < 4.78 is 19.6. The lowest BCUT2D eigenvalue weighted by Crippen LogP contribution is -2.55. The molecular weight excluding hydrogens is 518 g/mol. The van der Waals surface area contributed by atoms with Crippen molar-refractivity contribution < 1.29 is 19.0 Å². The maximum absolute atomic E-state index is 12.8. The molecule has 6 heteroatoms. The minimum absolute atomic E-state index is 0.0368. The van der Waals surface area contributed by atoms with Gasteiger partial charge in [0.15, 0.2) is 5.79 Å². The number of carbonyl (C=O) groups excluding carboxylic acids is 1. The zero-order valence-electron chi connectivity index (χ0n) is 25.7. The maximum Gasteiger partial charge on any atom is 0.307 e. The van der Waals surface area contributed by atoms with Gasteiger partial charge in [-0.3, -0.25) is 4.79 Å². The summed E-state index contributed by atoms with van der Waals surface area (Å²) in [5, 5.41) is 0. The highest BCUT2D eigenvalue weighted by atomic mass is 32.2. The van der Waals surface area contributed by atoms with Crippen molar-refractivity contribution in [1.82, 2.24) is 4.90 Å². The van der Waals surface area contributed by atoms with Gasteiger partial charge in [-0.1, -0.05) is 27.7 Å². The number of fused-ring (bicyclic) bond motifs is 7. The molecule has 0 aromatic carbocycles. The number of esters is 1. The maximum atomic E-state index is 12.8. The van der Waals surface area contributed by atoms with Crippen molar-refractivity contribution in [2.75, 3.05) is 37.7 Å². The summed E-state index contributed by atoms with van der Waals surface area (Å²) in [6, 6.07) is 0. The Hall–Kier alpha value is -0.300. The molecule has 5 nitrogen and oxygen atoms in total. The summed E-state index contributed by atoms with van der Waals surface area (Å²) in [5.41, 5.74) is 0.802. The van der Waals surface area contributed by atoms with Gasteiger partial charge in [-0.05, 0) is 104 Å². The zero-order valence-corrected chi connectivity index (χ0v) is 26.5. The zero-order chi connectivity index (χ0) is 27.7. The summed E-state index contributed by atoms with van der Waals surface area (Å²) in [7, 11) is 0. The third-order valence-corrected chi connectivity index (χ3v) is 14.9. The van der Waals surface area contributed by atoms with E-state index in [1.165, 1.54) is 56.5 Å². The lowest BCUT2D eigenvalue weighted by Gasteiger charge is -2.61. The topological polar surface area (TPSA) is 48.0 Å². The normalized spacial score (nSPS) is 52.5. The van der Waals surface area contributed by atoms with Crippen molar-refractivity contribution in [2.24, 2.45) is 52.3 Å². The molecule has 40 heavy (non-hydrogen) atoms. The molecule has 12 unspecified atom stereocenters. The van der Waals surface area contributed by atoms with Crippen LogP contribution in [0.15, 0.2) is 0 Å². The van der Waals surface area contributed by atoms with Gasteiger partial charge >= 0.3 is 5.97 Å². The summed E-state index contributed by atoms with van der Waals surface area (Å²) in [6.07, 6.45) is 13.5. The van der Waals surface area contributed by atoms with Gasteiger partial charge in [0.2, 0.25) is 0 Å². The fraction of sp³-hybridized carbons (Fsp3) is 0.971. The van der Waals surface area contributed by atoms with E-state index >= 15 is 0 Å². The van der Waals surface area contributed by atoms with E-state index in [1.807, 2.05) is 11.8 Å².